The zero-order valence-corrected chi connectivity index (χ0v) is 18.0. The van der Waals surface area contributed by atoms with Crippen LogP contribution in [-0.2, 0) is 11.0 Å². The molecule has 1 fully saturated rings. The quantitative estimate of drug-likeness (QED) is 0.260. The van der Waals surface area contributed by atoms with Gasteiger partial charge >= 0.3 is 6.18 Å². The Bertz CT molecular complexity index is 1230. The number of rotatable bonds is 6. The molecule has 0 aromatic heterocycles. The van der Waals surface area contributed by atoms with Gasteiger partial charge in [-0.3, -0.25) is 9.59 Å². The van der Waals surface area contributed by atoms with Crippen LogP contribution in [0.1, 0.15) is 39.9 Å². The molecule has 5 nitrogen and oxygen atoms in total. The predicted molar refractivity (Wildman–Crippen MR) is 126 cm³/mol. The second-order valence-corrected chi connectivity index (χ2v) is 8.04. The molecule has 1 aliphatic rings. The van der Waals surface area contributed by atoms with Gasteiger partial charge in [-0.1, -0.05) is 36.4 Å². The number of carbonyl (C=O) groups is 2. The summed E-state index contributed by atoms with van der Waals surface area (Å²) in [5, 5.41) is 5.62. The zero-order chi connectivity index (χ0) is 24.3. The van der Waals surface area contributed by atoms with Crippen molar-refractivity contribution in [1.82, 2.24) is 5.32 Å². The van der Waals surface area contributed by atoms with E-state index < -0.39 is 11.7 Å². The fourth-order valence-electron chi connectivity index (χ4n) is 3.31. The summed E-state index contributed by atoms with van der Waals surface area (Å²) >= 11 is 0. The molecule has 34 heavy (non-hydrogen) atoms. The zero-order valence-electron chi connectivity index (χ0n) is 18.0. The van der Waals surface area contributed by atoms with Gasteiger partial charge in [0.05, 0.1) is 16.9 Å². The summed E-state index contributed by atoms with van der Waals surface area (Å²) in [6.45, 7) is 0. The molecule has 8 heteroatoms. The fourth-order valence-corrected chi connectivity index (χ4v) is 3.31. The van der Waals surface area contributed by atoms with E-state index in [0.717, 1.165) is 25.0 Å². The molecule has 1 aliphatic carbocycles. The number of halogens is 3. The van der Waals surface area contributed by atoms with Gasteiger partial charge in [-0.15, -0.1) is 0 Å². The third-order valence-corrected chi connectivity index (χ3v) is 5.37. The van der Waals surface area contributed by atoms with E-state index in [1.807, 2.05) is 0 Å². The van der Waals surface area contributed by atoms with E-state index in [-0.39, 0.29) is 23.4 Å². The van der Waals surface area contributed by atoms with Gasteiger partial charge in [0.25, 0.3) is 11.8 Å². The second-order valence-electron chi connectivity index (χ2n) is 8.04. The van der Waals surface area contributed by atoms with E-state index >= 15 is 0 Å². The molecule has 0 saturated heterocycles. The molecular weight excluding hydrogens is 443 g/mol. The third kappa shape index (κ3) is 5.64. The van der Waals surface area contributed by atoms with Crippen LogP contribution in [0.3, 0.4) is 0 Å². The van der Waals surface area contributed by atoms with Crippen molar-refractivity contribution >= 4 is 34.8 Å². The van der Waals surface area contributed by atoms with Gasteiger partial charge in [0, 0.05) is 17.2 Å². The number of anilines is 2. The van der Waals surface area contributed by atoms with Crippen molar-refractivity contribution in [2.24, 2.45) is 0 Å². The van der Waals surface area contributed by atoms with E-state index in [1.54, 1.807) is 54.6 Å². The number of nitrogens with two attached hydrogens (primary N) is 1. The first-order valence-corrected chi connectivity index (χ1v) is 10.7. The molecular formula is C26H22F3N3O2. The van der Waals surface area contributed by atoms with E-state index in [9.17, 15) is 22.8 Å². The highest BCUT2D eigenvalue weighted by molar-refractivity contribution is 6.24. The summed E-state index contributed by atoms with van der Waals surface area (Å²) in [6, 6.07) is 18.0. The predicted octanol–water partition coefficient (Wildman–Crippen LogP) is 5.36. The molecule has 4 N–H and O–H groups in total. The number of hydrogen-bond donors (Lipinski definition) is 3. The molecule has 2 amide bonds. The Morgan fingerprint density at radius 1 is 0.882 bits per heavy atom. The molecule has 1 saturated carbocycles. The van der Waals surface area contributed by atoms with Crippen LogP contribution in [-0.4, -0.2) is 17.9 Å². The third-order valence-electron chi connectivity index (χ3n) is 5.37. The van der Waals surface area contributed by atoms with Crippen LogP contribution in [0.5, 0.6) is 0 Å². The molecule has 0 unspecified atom stereocenters. The minimum atomic E-state index is -4.46. The van der Waals surface area contributed by atoms with Gasteiger partial charge in [0.2, 0.25) is 0 Å². The molecule has 3 aromatic carbocycles. The maximum atomic E-state index is 12.9. The fraction of sp³-hybridized carbons (Fsp3) is 0.154. The number of carbonyl (C=O) groups excluding carboxylic acids is 2. The number of benzene rings is 3. The van der Waals surface area contributed by atoms with Crippen LogP contribution in [0, 0.1) is 0 Å². The van der Waals surface area contributed by atoms with Crippen molar-refractivity contribution in [2.45, 2.75) is 25.1 Å². The number of nitrogen functional groups attached to an aromatic ring is 1. The number of hydrogen-bond acceptors (Lipinski definition) is 3. The molecule has 174 valence electrons. The lowest BCUT2D eigenvalue weighted by molar-refractivity contribution is -0.137. The Morgan fingerprint density at radius 3 is 2.09 bits per heavy atom. The van der Waals surface area contributed by atoms with Gasteiger partial charge in [-0.2, -0.15) is 13.2 Å². The van der Waals surface area contributed by atoms with Crippen molar-refractivity contribution in [1.29, 1.82) is 0 Å². The number of para-hydroxylation sites is 2. The van der Waals surface area contributed by atoms with E-state index in [0.29, 0.717) is 28.1 Å². The Labute approximate surface area is 194 Å². The van der Waals surface area contributed by atoms with E-state index in [1.165, 1.54) is 12.1 Å². The van der Waals surface area contributed by atoms with Crippen LogP contribution < -0.4 is 16.4 Å². The Hall–Kier alpha value is -4.07. The van der Waals surface area contributed by atoms with Crippen LogP contribution in [0.4, 0.5) is 24.5 Å². The molecule has 0 radical (unpaired) electrons. The van der Waals surface area contributed by atoms with Crippen molar-refractivity contribution in [2.75, 3.05) is 11.1 Å². The lowest BCUT2D eigenvalue weighted by Gasteiger charge is -2.12. The Kier molecular flexibility index (Phi) is 6.40. The van der Waals surface area contributed by atoms with Crippen LogP contribution >= 0.6 is 0 Å². The van der Waals surface area contributed by atoms with Crippen LogP contribution in [0.2, 0.25) is 0 Å². The van der Waals surface area contributed by atoms with Crippen LogP contribution in [0.25, 0.3) is 11.6 Å². The van der Waals surface area contributed by atoms with Crippen LogP contribution in [0.15, 0.2) is 72.8 Å². The van der Waals surface area contributed by atoms with Crippen molar-refractivity contribution < 1.29 is 22.8 Å². The summed E-state index contributed by atoms with van der Waals surface area (Å²) < 4.78 is 38.8. The van der Waals surface area contributed by atoms with E-state index in [4.69, 9.17) is 5.73 Å². The monoisotopic (exact) mass is 465 g/mol. The maximum Gasteiger partial charge on any atom is 0.416 e. The molecule has 4 rings (SSSR count). The van der Waals surface area contributed by atoms with Gasteiger partial charge in [-0.25, -0.2) is 0 Å². The molecule has 0 spiro atoms. The Balaban J connectivity index is 1.57. The minimum absolute atomic E-state index is 0.0850. The lowest BCUT2D eigenvalue weighted by Crippen LogP contribution is -2.26. The summed E-state index contributed by atoms with van der Waals surface area (Å²) in [5.41, 5.74) is 7.64. The highest BCUT2D eigenvalue weighted by Crippen LogP contribution is 2.31. The first-order chi connectivity index (χ1) is 16.2. The van der Waals surface area contributed by atoms with Crippen molar-refractivity contribution in [3.63, 3.8) is 0 Å². The van der Waals surface area contributed by atoms with Gasteiger partial charge in [-0.05, 0) is 66.4 Å². The highest BCUT2D eigenvalue weighted by atomic mass is 19.4. The van der Waals surface area contributed by atoms with Gasteiger partial charge in [0.1, 0.15) is 0 Å². The summed E-state index contributed by atoms with van der Waals surface area (Å²) in [6.07, 6.45) is -1.11. The molecule has 0 atom stereocenters. The smallest absolute Gasteiger partial charge is 0.397 e. The first-order valence-electron chi connectivity index (χ1n) is 10.7. The number of nitrogens with one attached hydrogen (secondary N) is 2. The molecule has 3 aromatic rings. The topological polar surface area (TPSA) is 84.2 Å². The molecule has 0 aliphatic heterocycles. The van der Waals surface area contributed by atoms with Gasteiger partial charge in [0.15, 0.2) is 0 Å². The number of alkyl halides is 3. The Morgan fingerprint density at radius 2 is 1.50 bits per heavy atom. The average molecular weight is 465 g/mol. The normalized spacial score (nSPS) is 13.9. The van der Waals surface area contributed by atoms with Crippen molar-refractivity contribution in [3.8, 4) is 0 Å². The van der Waals surface area contributed by atoms with E-state index in [2.05, 4.69) is 10.6 Å². The minimum Gasteiger partial charge on any atom is -0.397 e. The molecule has 0 heterocycles. The van der Waals surface area contributed by atoms with Gasteiger partial charge < -0.3 is 16.4 Å². The standard InChI is InChI=1S/C26H22F3N3O2/c27-26(28,29)19-11-9-17(10-12-19)21(25(34)31-20-13-14-20)15-16-5-7-18(8-6-16)24(33)32-23-4-2-1-3-22(23)30/h1-12,15,20H,13-14,30H2,(H,31,34)(H,32,33)/b21-15-. The first kappa shape index (κ1) is 23.1. The number of amides is 2. The average Bonchev–Trinajstić information content (AvgIpc) is 3.63. The van der Waals surface area contributed by atoms with Crippen molar-refractivity contribution in [3.05, 3.63) is 95.1 Å². The maximum absolute atomic E-state index is 12.9. The summed E-state index contributed by atoms with van der Waals surface area (Å²) in [5.74, 6) is -0.702. The summed E-state index contributed by atoms with van der Waals surface area (Å²) in [7, 11) is 0. The summed E-state index contributed by atoms with van der Waals surface area (Å²) in [4.78, 5) is 25.3. The lowest BCUT2D eigenvalue weighted by atomic mass is 9.99. The second kappa shape index (κ2) is 9.43. The molecule has 0 bridgehead atoms. The highest BCUT2D eigenvalue weighted by Gasteiger charge is 2.30. The SMILES string of the molecule is Nc1ccccc1NC(=O)c1ccc(/C=C(\C(=O)NC2CC2)c2ccc(C(F)(F)F)cc2)cc1. The largest absolute Gasteiger partial charge is 0.416 e.